The predicted molar refractivity (Wildman–Crippen MR) is 118 cm³/mol. The molecule has 0 aliphatic carbocycles. The molecule has 1 amide bonds. The Hall–Kier alpha value is -2.38. The number of carbonyl (C=O) groups excluding carboxylic acids is 1. The number of ether oxygens (including phenoxy) is 1. The maximum absolute atomic E-state index is 13.4. The van der Waals surface area contributed by atoms with Gasteiger partial charge in [-0.25, -0.2) is 8.42 Å². The lowest BCUT2D eigenvalue weighted by molar-refractivity contribution is 0.102. The lowest BCUT2D eigenvalue weighted by Crippen LogP contribution is -2.42. The van der Waals surface area contributed by atoms with E-state index in [-0.39, 0.29) is 34.0 Å². The SMILES string of the molecule is CCc1ccccc1NC(=O)c1ccc(OC)c(S(=O)(=O)N2CC(C)CC(C)C2)c1. The van der Waals surface area contributed by atoms with Crippen LogP contribution in [0.4, 0.5) is 5.69 Å². The molecule has 30 heavy (non-hydrogen) atoms. The maximum Gasteiger partial charge on any atom is 0.255 e. The van der Waals surface area contributed by atoms with Crippen molar-refractivity contribution < 1.29 is 17.9 Å². The van der Waals surface area contributed by atoms with Gasteiger partial charge >= 0.3 is 0 Å². The summed E-state index contributed by atoms with van der Waals surface area (Å²) in [5, 5.41) is 2.90. The number of piperidine rings is 1. The normalized spacial score (nSPS) is 20.0. The Morgan fingerprint density at radius 2 is 1.80 bits per heavy atom. The van der Waals surface area contributed by atoms with Gasteiger partial charge in [0, 0.05) is 24.3 Å². The Morgan fingerprint density at radius 3 is 2.43 bits per heavy atom. The molecule has 3 rings (SSSR count). The fourth-order valence-corrected chi connectivity index (χ4v) is 5.97. The van der Waals surface area contributed by atoms with E-state index in [1.807, 2.05) is 31.2 Å². The largest absolute Gasteiger partial charge is 0.495 e. The molecule has 1 fully saturated rings. The van der Waals surface area contributed by atoms with Crippen molar-refractivity contribution in [2.75, 3.05) is 25.5 Å². The van der Waals surface area contributed by atoms with Crippen molar-refractivity contribution in [3.8, 4) is 5.75 Å². The van der Waals surface area contributed by atoms with Crippen LogP contribution in [0.2, 0.25) is 0 Å². The number of benzene rings is 2. The predicted octanol–water partition coefficient (Wildman–Crippen LogP) is 4.18. The highest BCUT2D eigenvalue weighted by atomic mass is 32.2. The number of anilines is 1. The average molecular weight is 431 g/mol. The Kier molecular flexibility index (Phi) is 6.83. The Morgan fingerprint density at radius 1 is 1.13 bits per heavy atom. The summed E-state index contributed by atoms with van der Waals surface area (Å²) in [7, 11) is -2.35. The maximum atomic E-state index is 13.4. The van der Waals surface area contributed by atoms with Crippen LogP contribution in [0.1, 0.15) is 43.1 Å². The van der Waals surface area contributed by atoms with E-state index in [0.717, 1.165) is 24.1 Å². The van der Waals surface area contributed by atoms with Crippen LogP contribution in [0, 0.1) is 11.8 Å². The standard InChI is InChI=1S/C23H30N2O4S/c1-5-18-8-6-7-9-20(18)24-23(26)19-10-11-21(29-4)22(13-19)30(27,28)25-14-16(2)12-17(3)15-25/h6-11,13,16-17H,5,12,14-15H2,1-4H3,(H,24,26). The molecule has 7 heteroatoms. The van der Waals surface area contributed by atoms with Crippen molar-refractivity contribution in [1.82, 2.24) is 4.31 Å². The summed E-state index contributed by atoms with van der Waals surface area (Å²) < 4.78 is 33.7. The van der Waals surface area contributed by atoms with E-state index in [9.17, 15) is 13.2 Å². The molecule has 0 aromatic heterocycles. The molecule has 0 spiro atoms. The Balaban J connectivity index is 1.94. The third-order valence-electron chi connectivity index (χ3n) is 5.53. The minimum atomic E-state index is -3.78. The first-order chi connectivity index (χ1) is 14.3. The zero-order chi connectivity index (χ0) is 21.9. The van der Waals surface area contributed by atoms with Crippen LogP contribution in [-0.4, -0.2) is 38.8 Å². The molecular weight excluding hydrogens is 400 g/mol. The third-order valence-corrected chi connectivity index (χ3v) is 7.38. The molecule has 0 radical (unpaired) electrons. The second-order valence-electron chi connectivity index (χ2n) is 8.10. The van der Waals surface area contributed by atoms with Gasteiger partial charge in [0.15, 0.2) is 0 Å². The van der Waals surface area contributed by atoms with E-state index in [2.05, 4.69) is 19.2 Å². The highest BCUT2D eigenvalue weighted by Gasteiger charge is 2.34. The molecule has 2 atom stereocenters. The van der Waals surface area contributed by atoms with E-state index >= 15 is 0 Å². The summed E-state index contributed by atoms with van der Waals surface area (Å²) in [4.78, 5) is 12.9. The molecule has 1 saturated heterocycles. The molecule has 1 N–H and O–H groups in total. The number of methoxy groups -OCH3 is 1. The fourth-order valence-electron chi connectivity index (χ4n) is 4.11. The van der Waals surface area contributed by atoms with E-state index < -0.39 is 10.0 Å². The first-order valence-electron chi connectivity index (χ1n) is 10.3. The lowest BCUT2D eigenvalue weighted by atomic mass is 9.94. The summed E-state index contributed by atoms with van der Waals surface area (Å²) in [5.74, 6) is 0.458. The summed E-state index contributed by atoms with van der Waals surface area (Å²) in [6.45, 7) is 7.07. The molecule has 1 aliphatic rings. The van der Waals surface area contributed by atoms with E-state index in [1.165, 1.54) is 17.5 Å². The number of amides is 1. The molecule has 2 aromatic carbocycles. The Labute approximate surface area is 179 Å². The summed E-state index contributed by atoms with van der Waals surface area (Å²) in [6.07, 6.45) is 1.78. The smallest absolute Gasteiger partial charge is 0.255 e. The van der Waals surface area contributed by atoms with Crippen molar-refractivity contribution in [3.63, 3.8) is 0 Å². The van der Waals surface area contributed by atoms with Crippen molar-refractivity contribution in [2.24, 2.45) is 11.8 Å². The first kappa shape index (κ1) is 22.3. The minimum Gasteiger partial charge on any atom is -0.495 e. The molecule has 2 aromatic rings. The van der Waals surface area contributed by atoms with Crippen molar-refractivity contribution >= 4 is 21.6 Å². The highest BCUT2D eigenvalue weighted by Crippen LogP contribution is 2.32. The molecule has 1 heterocycles. The molecule has 6 nitrogen and oxygen atoms in total. The van der Waals surface area contributed by atoms with Crippen LogP contribution in [0.5, 0.6) is 5.75 Å². The van der Waals surface area contributed by atoms with E-state index in [1.54, 1.807) is 12.1 Å². The number of hydrogen-bond donors (Lipinski definition) is 1. The van der Waals surface area contributed by atoms with Crippen molar-refractivity contribution in [1.29, 1.82) is 0 Å². The molecular formula is C23H30N2O4S. The quantitative estimate of drug-likeness (QED) is 0.746. The van der Waals surface area contributed by atoms with Crippen LogP contribution in [0.25, 0.3) is 0 Å². The van der Waals surface area contributed by atoms with E-state index in [0.29, 0.717) is 13.1 Å². The number of hydrogen-bond acceptors (Lipinski definition) is 4. The number of para-hydroxylation sites is 1. The van der Waals surface area contributed by atoms with Crippen LogP contribution in [0.3, 0.4) is 0 Å². The fraction of sp³-hybridized carbons (Fsp3) is 0.435. The second kappa shape index (κ2) is 9.18. The molecule has 2 unspecified atom stereocenters. The summed E-state index contributed by atoms with van der Waals surface area (Å²) in [5.41, 5.74) is 2.02. The van der Waals surface area contributed by atoms with Gasteiger partial charge < -0.3 is 10.1 Å². The first-order valence-corrected chi connectivity index (χ1v) is 11.8. The number of nitrogens with zero attached hydrogens (tertiary/aromatic N) is 1. The van der Waals surface area contributed by atoms with Crippen molar-refractivity contribution in [2.45, 2.75) is 38.5 Å². The number of carbonyl (C=O) groups is 1. The summed E-state index contributed by atoms with van der Waals surface area (Å²) in [6, 6.07) is 12.1. The van der Waals surface area contributed by atoms with Crippen LogP contribution >= 0.6 is 0 Å². The molecule has 1 aliphatic heterocycles. The van der Waals surface area contributed by atoms with Gasteiger partial charge in [-0.1, -0.05) is 39.0 Å². The van der Waals surface area contributed by atoms with Gasteiger partial charge in [-0.05, 0) is 54.5 Å². The lowest BCUT2D eigenvalue weighted by Gasteiger charge is -2.34. The second-order valence-corrected chi connectivity index (χ2v) is 10.0. The minimum absolute atomic E-state index is 0.0303. The number of rotatable bonds is 6. The molecule has 0 saturated carbocycles. The Bertz CT molecular complexity index is 1010. The van der Waals surface area contributed by atoms with Gasteiger partial charge in [0.25, 0.3) is 5.91 Å². The van der Waals surface area contributed by atoms with Gasteiger partial charge in [0.05, 0.1) is 7.11 Å². The third kappa shape index (κ3) is 4.68. The monoisotopic (exact) mass is 430 g/mol. The van der Waals surface area contributed by atoms with Crippen LogP contribution in [0.15, 0.2) is 47.4 Å². The van der Waals surface area contributed by atoms with Gasteiger partial charge in [-0.3, -0.25) is 4.79 Å². The van der Waals surface area contributed by atoms with Gasteiger partial charge in [0.1, 0.15) is 10.6 Å². The molecule has 0 bridgehead atoms. The number of nitrogens with one attached hydrogen (secondary N) is 1. The number of aryl methyl sites for hydroxylation is 1. The average Bonchev–Trinajstić information content (AvgIpc) is 2.72. The highest BCUT2D eigenvalue weighted by molar-refractivity contribution is 7.89. The van der Waals surface area contributed by atoms with Gasteiger partial charge in [-0.2, -0.15) is 4.31 Å². The summed E-state index contributed by atoms with van der Waals surface area (Å²) >= 11 is 0. The van der Waals surface area contributed by atoms with Crippen LogP contribution < -0.4 is 10.1 Å². The molecule has 162 valence electrons. The van der Waals surface area contributed by atoms with Gasteiger partial charge in [0.2, 0.25) is 10.0 Å². The topological polar surface area (TPSA) is 75.7 Å². The zero-order valence-corrected chi connectivity index (χ0v) is 18.8. The van der Waals surface area contributed by atoms with E-state index in [4.69, 9.17) is 4.74 Å². The van der Waals surface area contributed by atoms with Crippen molar-refractivity contribution in [3.05, 3.63) is 53.6 Å². The zero-order valence-electron chi connectivity index (χ0n) is 18.0. The van der Waals surface area contributed by atoms with Crippen LogP contribution in [-0.2, 0) is 16.4 Å². The van der Waals surface area contributed by atoms with Gasteiger partial charge in [-0.15, -0.1) is 0 Å². The number of sulfonamides is 1.